The molecule has 25 heavy (non-hydrogen) atoms. The van der Waals surface area contributed by atoms with Gasteiger partial charge in [0.1, 0.15) is 5.75 Å². The largest absolute Gasteiger partial charge is 0.481 e. The van der Waals surface area contributed by atoms with Crippen LogP contribution in [-0.4, -0.2) is 12.0 Å². The number of benzene rings is 2. The van der Waals surface area contributed by atoms with Crippen molar-refractivity contribution in [2.24, 2.45) is 0 Å². The first kappa shape index (κ1) is 18.6. The molecule has 1 amide bonds. The summed E-state index contributed by atoms with van der Waals surface area (Å²) in [6.07, 6.45) is -5.71. The third-order valence-electron chi connectivity index (χ3n) is 3.21. The minimum Gasteiger partial charge on any atom is -0.481 e. The molecule has 0 heterocycles. The van der Waals surface area contributed by atoms with Crippen molar-refractivity contribution in [3.63, 3.8) is 0 Å². The van der Waals surface area contributed by atoms with Crippen molar-refractivity contribution in [3.05, 3.63) is 58.6 Å². The van der Waals surface area contributed by atoms with Crippen molar-refractivity contribution in [2.45, 2.75) is 19.2 Å². The molecule has 8 heteroatoms. The molecule has 0 fully saturated rings. The molecule has 0 aliphatic carbocycles. The second-order valence-electron chi connectivity index (χ2n) is 5.07. The SMILES string of the molecule is C[C@@H](Oc1ccc(C#N)cc1)C(=O)Nc1ccc(Cl)cc1C(F)(F)F. The molecule has 0 saturated heterocycles. The van der Waals surface area contributed by atoms with Crippen molar-refractivity contribution in [2.75, 3.05) is 5.32 Å². The molecule has 1 atom stereocenters. The lowest BCUT2D eigenvalue weighted by molar-refractivity contribution is -0.137. The third-order valence-corrected chi connectivity index (χ3v) is 3.45. The van der Waals surface area contributed by atoms with E-state index in [2.05, 4.69) is 5.32 Å². The van der Waals surface area contributed by atoms with Crippen LogP contribution in [0.3, 0.4) is 0 Å². The molecule has 130 valence electrons. The van der Waals surface area contributed by atoms with E-state index in [0.717, 1.165) is 12.1 Å². The number of nitrogens with zero attached hydrogens (tertiary/aromatic N) is 1. The van der Waals surface area contributed by atoms with E-state index < -0.39 is 29.4 Å². The van der Waals surface area contributed by atoms with E-state index in [0.29, 0.717) is 11.3 Å². The highest BCUT2D eigenvalue weighted by Crippen LogP contribution is 2.36. The first-order valence-corrected chi connectivity index (χ1v) is 7.43. The smallest absolute Gasteiger partial charge is 0.418 e. The number of rotatable bonds is 4. The lowest BCUT2D eigenvalue weighted by atomic mass is 10.1. The van der Waals surface area contributed by atoms with Crippen LogP contribution in [0.5, 0.6) is 5.75 Å². The molecule has 4 nitrogen and oxygen atoms in total. The standard InChI is InChI=1S/C17H12ClF3N2O2/c1-10(25-13-5-2-11(9-22)3-6-13)16(24)23-15-7-4-12(18)8-14(15)17(19,20)21/h2-8,10H,1H3,(H,23,24)/t10-/m1/s1. The minimum absolute atomic E-state index is 0.0906. The van der Waals surface area contributed by atoms with E-state index in [-0.39, 0.29) is 5.02 Å². The van der Waals surface area contributed by atoms with Gasteiger partial charge in [-0.25, -0.2) is 0 Å². The van der Waals surface area contributed by atoms with Gasteiger partial charge in [-0.3, -0.25) is 4.79 Å². The molecule has 0 aromatic heterocycles. The molecule has 2 aromatic carbocycles. The Bertz CT molecular complexity index is 814. The number of amides is 1. The molecule has 2 aromatic rings. The molecule has 0 unspecified atom stereocenters. The summed E-state index contributed by atoms with van der Waals surface area (Å²) in [5, 5.41) is 10.8. The number of hydrogen-bond donors (Lipinski definition) is 1. The fourth-order valence-corrected chi connectivity index (χ4v) is 2.13. The fourth-order valence-electron chi connectivity index (χ4n) is 1.96. The first-order valence-electron chi connectivity index (χ1n) is 7.05. The summed E-state index contributed by atoms with van der Waals surface area (Å²) in [5.74, 6) is -0.439. The number of carbonyl (C=O) groups is 1. The summed E-state index contributed by atoms with van der Waals surface area (Å²) in [6.45, 7) is 1.40. The highest BCUT2D eigenvalue weighted by molar-refractivity contribution is 6.30. The van der Waals surface area contributed by atoms with Crippen LogP contribution in [0.1, 0.15) is 18.1 Å². The Hall–Kier alpha value is -2.72. The van der Waals surface area contributed by atoms with Gasteiger partial charge in [-0.2, -0.15) is 18.4 Å². The van der Waals surface area contributed by atoms with Crippen LogP contribution in [0.25, 0.3) is 0 Å². The molecule has 0 aliphatic heterocycles. The highest BCUT2D eigenvalue weighted by atomic mass is 35.5. The normalized spacial score (nSPS) is 12.2. The average molecular weight is 369 g/mol. The molecular weight excluding hydrogens is 357 g/mol. The third kappa shape index (κ3) is 4.88. The summed E-state index contributed by atoms with van der Waals surface area (Å²) in [7, 11) is 0. The van der Waals surface area contributed by atoms with Crippen molar-refractivity contribution in [3.8, 4) is 11.8 Å². The molecule has 0 aliphatic rings. The van der Waals surface area contributed by atoms with Gasteiger partial charge in [0.05, 0.1) is 22.9 Å². The van der Waals surface area contributed by atoms with E-state index in [1.54, 1.807) is 0 Å². The zero-order chi connectivity index (χ0) is 18.6. The fraction of sp³-hybridized carbons (Fsp3) is 0.176. The topological polar surface area (TPSA) is 62.1 Å². The van der Waals surface area contributed by atoms with E-state index in [1.165, 1.54) is 37.3 Å². The van der Waals surface area contributed by atoms with Crippen molar-refractivity contribution >= 4 is 23.2 Å². The van der Waals surface area contributed by atoms with Crippen LogP contribution in [0.4, 0.5) is 18.9 Å². The first-order chi connectivity index (χ1) is 11.7. The predicted molar refractivity (Wildman–Crippen MR) is 86.3 cm³/mol. The Kier molecular flexibility index (Phi) is 5.55. The average Bonchev–Trinajstić information content (AvgIpc) is 2.56. The Morgan fingerprint density at radius 1 is 1.24 bits per heavy atom. The Morgan fingerprint density at radius 2 is 1.88 bits per heavy atom. The molecule has 0 spiro atoms. The maximum Gasteiger partial charge on any atom is 0.418 e. The number of nitrogens with one attached hydrogen (secondary N) is 1. The molecular formula is C17H12ClF3N2O2. The quantitative estimate of drug-likeness (QED) is 0.855. The zero-order valence-electron chi connectivity index (χ0n) is 12.9. The highest BCUT2D eigenvalue weighted by Gasteiger charge is 2.34. The number of anilines is 1. The van der Waals surface area contributed by atoms with Crippen LogP contribution in [0.15, 0.2) is 42.5 Å². The number of hydrogen-bond acceptors (Lipinski definition) is 3. The van der Waals surface area contributed by atoms with Gasteiger partial charge in [0.2, 0.25) is 0 Å². The van der Waals surface area contributed by atoms with Crippen LogP contribution in [-0.2, 0) is 11.0 Å². The van der Waals surface area contributed by atoms with Gasteiger partial charge in [-0.05, 0) is 49.4 Å². The summed E-state index contributed by atoms with van der Waals surface area (Å²) < 4.78 is 44.5. The van der Waals surface area contributed by atoms with Crippen molar-refractivity contribution in [1.82, 2.24) is 0 Å². The lowest BCUT2D eigenvalue weighted by Crippen LogP contribution is -2.31. The maximum atomic E-state index is 13.0. The lowest BCUT2D eigenvalue weighted by Gasteiger charge is -2.18. The molecule has 0 bridgehead atoms. The summed E-state index contributed by atoms with van der Waals surface area (Å²) >= 11 is 5.59. The van der Waals surface area contributed by atoms with E-state index >= 15 is 0 Å². The molecule has 0 saturated carbocycles. The summed E-state index contributed by atoms with van der Waals surface area (Å²) in [5.41, 5.74) is -1.03. The van der Waals surface area contributed by atoms with Crippen LogP contribution < -0.4 is 10.1 Å². The number of carbonyl (C=O) groups excluding carboxylic acids is 1. The van der Waals surface area contributed by atoms with Gasteiger partial charge in [-0.15, -0.1) is 0 Å². The maximum absolute atomic E-state index is 13.0. The Balaban J connectivity index is 2.12. The van der Waals surface area contributed by atoms with Gasteiger partial charge in [0.25, 0.3) is 5.91 Å². The Labute approximate surface area is 146 Å². The van der Waals surface area contributed by atoms with Crippen LogP contribution >= 0.6 is 11.6 Å². The van der Waals surface area contributed by atoms with Crippen molar-refractivity contribution in [1.29, 1.82) is 5.26 Å². The van der Waals surface area contributed by atoms with E-state index in [4.69, 9.17) is 21.6 Å². The van der Waals surface area contributed by atoms with E-state index in [9.17, 15) is 18.0 Å². The zero-order valence-corrected chi connectivity index (χ0v) is 13.7. The van der Waals surface area contributed by atoms with E-state index in [1.807, 2.05) is 6.07 Å². The Morgan fingerprint density at radius 3 is 2.44 bits per heavy atom. The summed E-state index contributed by atoms with van der Waals surface area (Å²) in [6, 6.07) is 11.0. The number of halogens is 4. The molecule has 1 N–H and O–H groups in total. The van der Waals surface area contributed by atoms with Crippen molar-refractivity contribution < 1.29 is 22.7 Å². The number of alkyl halides is 3. The molecule has 2 rings (SSSR count). The van der Waals surface area contributed by atoms with Gasteiger partial charge in [0, 0.05) is 5.02 Å². The second kappa shape index (κ2) is 7.45. The van der Waals surface area contributed by atoms with Gasteiger partial charge in [0.15, 0.2) is 6.10 Å². The minimum atomic E-state index is -4.66. The number of nitriles is 1. The van der Waals surface area contributed by atoms with Gasteiger partial charge < -0.3 is 10.1 Å². The summed E-state index contributed by atoms with van der Waals surface area (Å²) in [4.78, 5) is 12.1. The number of ether oxygens (including phenoxy) is 1. The molecule has 0 radical (unpaired) electrons. The monoisotopic (exact) mass is 368 g/mol. The van der Waals surface area contributed by atoms with Gasteiger partial charge >= 0.3 is 6.18 Å². The van der Waals surface area contributed by atoms with Crippen LogP contribution in [0, 0.1) is 11.3 Å². The van der Waals surface area contributed by atoms with Crippen LogP contribution in [0.2, 0.25) is 5.02 Å². The second-order valence-corrected chi connectivity index (χ2v) is 5.51. The predicted octanol–water partition coefficient (Wildman–Crippen LogP) is 4.64. The van der Waals surface area contributed by atoms with Gasteiger partial charge in [-0.1, -0.05) is 11.6 Å².